The van der Waals surface area contributed by atoms with E-state index in [1.807, 2.05) is 81.7 Å². The normalized spacial score (nSPS) is 19.1. The van der Waals surface area contributed by atoms with Crippen LogP contribution in [-0.4, -0.2) is 178 Å². The molecule has 75 heavy (non-hydrogen) atoms. The maximum atomic E-state index is 14.0. The second-order valence-electron chi connectivity index (χ2n) is 20.5. The van der Waals surface area contributed by atoms with Crippen LogP contribution in [0.4, 0.5) is 13.2 Å². The first-order chi connectivity index (χ1) is 35.9. The summed E-state index contributed by atoms with van der Waals surface area (Å²) in [5.74, 6) is -0.634. The molecule has 0 spiro atoms. The van der Waals surface area contributed by atoms with Crippen LogP contribution in [-0.2, 0) is 47.8 Å². The highest BCUT2D eigenvalue weighted by atomic mass is 32.1. The van der Waals surface area contributed by atoms with Gasteiger partial charge in [0, 0.05) is 84.6 Å². The molecule has 2 aromatic heterocycles. The number of carbonyl (C=O) groups is 4. The number of benzene rings is 2. The fraction of sp³-hybridized carbons (Fsp3) is 0.577. The fourth-order valence-corrected chi connectivity index (χ4v) is 10.6. The van der Waals surface area contributed by atoms with Gasteiger partial charge in [0.25, 0.3) is 11.7 Å². The summed E-state index contributed by atoms with van der Waals surface area (Å²) in [5, 5.41) is 27.6. The first kappa shape index (κ1) is 55.2. The van der Waals surface area contributed by atoms with Crippen LogP contribution in [0.5, 0.6) is 5.75 Å². The molecule has 3 N–H and O–H groups in total. The molecule has 4 aliphatic heterocycles. The van der Waals surface area contributed by atoms with Crippen molar-refractivity contribution in [3.63, 3.8) is 0 Å². The number of amides is 4. The summed E-state index contributed by atoms with van der Waals surface area (Å²) in [5.41, 5.74) is 5.16. The van der Waals surface area contributed by atoms with Gasteiger partial charge in [-0.15, -0.1) is 21.5 Å². The van der Waals surface area contributed by atoms with Crippen LogP contribution in [0, 0.1) is 12.3 Å². The standard InChI is InChI=1S/C52H68F3N11O8S/c1-34-46(75-33-57-34)38-7-5-35(6-8-38)30-56-48(70)41-29-39(67)31-65(41)49(71)47(51(2,3)4)58-44(68)17-25-72-27-28-73-26-24-62-20-22-64(23-21-62)45(69)32-74-40-11-9-36(10-12-40)37-15-18-63(19-16-37)43-14-13-42-59-60-50(52(53,54)55)66(42)61-43/h5-12,33,37,39,41,47,67H,13-32H2,1-4H3,(H,56,70)(H,58,68)/t39-,41-,47+/m0/s1. The Hall–Kier alpha value is -6.01. The summed E-state index contributed by atoms with van der Waals surface area (Å²) < 4.78 is 58.3. The average Bonchev–Trinajstić information content (AvgIpc) is 4.15. The number of ether oxygens (including phenoxy) is 3. The van der Waals surface area contributed by atoms with Crippen LogP contribution >= 0.6 is 11.3 Å². The molecule has 23 heteroatoms. The third-order valence-corrected chi connectivity index (χ3v) is 15.1. The number of halogens is 3. The third-order valence-electron chi connectivity index (χ3n) is 14.2. The molecule has 3 saturated heterocycles. The molecule has 19 nitrogen and oxygen atoms in total. The zero-order chi connectivity index (χ0) is 53.3. The lowest BCUT2D eigenvalue weighted by Gasteiger charge is -2.35. The van der Waals surface area contributed by atoms with Gasteiger partial charge in [-0.1, -0.05) is 57.2 Å². The highest BCUT2D eigenvalue weighted by molar-refractivity contribution is 7.13. The maximum Gasteiger partial charge on any atom is 0.453 e. The first-order valence-corrected chi connectivity index (χ1v) is 26.6. The lowest BCUT2D eigenvalue weighted by Crippen LogP contribution is -2.57. The minimum atomic E-state index is -4.63. The van der Waals surface area contributed by atoms with Gasteiger partial charge in [-0.2, -0.15) is 22.9 Å². The number of carbonyl (C=O) groups excluding carboxylic acids is 4. The quantitative estimate of drug-likeness (QED) is 0.111. The van der Waals surface area contributed by atoms with E-state index in [1.165, 1.54) is 4.90 Å². The predicted molar refractivity (Wildman–Crippen MR) is 273 cm³/mol. The molecule has 0 aliphatic carbocycles. The van der Waals surface area contributed by atoms with E-state index in [2.05, 4.69) is 40.7 Å². The number of aromatic nitrogens is 4. The Kier molecular flexibility index (Phi) is 18.2. The Morgan fingerprint density at radius 1 is 0.880 bits per heavy atom. The molecule has 0 bridgehead atoms. The molecule has 4 aromatic rings. The largest absolute Gasteiger partial charge is 0.484 e. The smallest absolute Gasteiger partial charge is 0.453 e. The van der Waals surface area contributed by atoms with E-state index in [0.717, 1.165) is 44.8 Å². The Morgan fingerprint density at radius 2 is 1.59 bits per heavy atom. The number of hydrogen-bond donors (Lipinski definition) is 3. The number of likely N-dealkylation sites (tertiary alicyclic amines) is 2. The zero-order valence-electron chi connectivity index (χ0n) is 43.0. The van der Waals surface area contributed by atoms with Crippen molar-refractivity contribution >= 4 is 40.8 Å². The number of alkyl halides is 3. The van der Waals surface area contributed by atoms with Gasteiger partial charge in [-0.25, -0.2) is 4.98 Å². The SMILES string of the molecule is Cc1ncsc1-c1ccc(CNC(=O)[C@@H]2C[C@H](O)CN2C(=O)[C@@H](NC(=O)CCOCCOCCN2CCN(C(=O)COc3ccc(C4CCN(C5=Nn6c(nnc6C(F)(F)F)CC5)CC4)cc3)CC2)C(C)(C)C)cc1. The van der Waals surface area contributed by atoms with Crippen LogP contribution in [0.15, 0.2) is 59.1 Å². The van der Waals surface area contributed by atoms with Crippen molar-refractivity contribution < 1.29 is 51.7 Å². The number of fused-ring (bicyclic) bond motifs is 1. The molecule has 3 atom stereocenters. The number of β-amino-alcohol motifs (C(OH)–C–C–N with tert-alkyl or cyclic N) is 1. The molecular weight excluding hydrogens is 996 g/mol. The lowest BCUT2D eigenvalue weighted by atomic mass is 9.85. The van der Waals surface area contributed by atoms with Crippen molar-refractivity contribution in [2.75, 3.05) is 85.4 Å². The average molecular weight is 1060 g/mol. The number of piperidine rings is 1. The molecule has 0 saturated carbocycles. The van der Waals surface area contributed by atoms with Crippen molar-refractivity contribution in [2.24, 2.45) is 10.5 Å². The highest BCUT2D eigenvalue weighted by Gasteiger charge is 2.45. The number of nitrogens with zero attached hydrogens (tertiary/aromatic N) is 9. The number of aliphatic hydroxyl groups is 1. The first-order valence-electron chi connectivity index (χ1n) is 25.7. The summed E-state index contributed by atoms with van der Waals surface area (Å²) in [6, 6.07) is 13.8. The molecule has 3 fully saturated rings. The topological polar surface area (TPSA) is 209 Å². The van der Waals surface area contributed by atoms with Gasteiger partial charge < -0.3 is 44.7 Å². The number of rotatable bonds is 19. The van der Waals surface area contributed by atoms with Gasteiger partial charge in [0.2, 0.25) is 17.7 Å². The summed E-state index contributed by atoms with van der Waals surface area (Å²) in [6.07, 6.45) is -2.86. The van der Waals surface area contributed by atoms with E-state index < -0.39 is 41.5 Å². The molecule has 0 unspecified atom stereocenters. The van der Waals surface area contributed by atoms with Crippen molar-refractivity contribution in [1.82, 2.24) is 50.1 Å². The van der Waals surface area contributed by atoms with Gasteiger partial charge >= 0.3 is 6.18 Å². The molecule has 4 amide bonds. The fourth-order valence-electron chi connectivity index (χ4n) is 9.82. The van der Waals surface area contributed by atoms with Crippen LogP contribution in [0.25, 0.3) is 10.4 Å². The second kappa shape index (κ2) is 24.8. The number of hydrogen-bond acceptors (Lipinski definition) is 15. The molecule has 4 aliphatic rings. The number of aryl methyl sites for hydroxylation is 2. The van der Waals surface area contributed by atoms with Crippen molar-refractivity contribution in [2.45, 2.75) is 103 Å². The number of amidine groups is 1. The Balaban J connectivity index is 0.665. The maximum absolute atomic E-state index is 14.0. The van der Waals surface area contributed by atoms with Crippen LogP contribution in [0.3, 0.4) is 0 Å². The molecule has 0 radical (unpaired) electrons. The number of aliphatic hydroxyl groups excluding tert-OH is 1. The summed E-state index contributed by atoms with van der Waals surface area (Å²) in [7, 11) is 0. The van der Waals surface area contributed by atoms with E-state index >= 15 is 0 Å². The molecule has 6 heterocycles. The summed E-state index contributed by atoms with van der Waals surface area (Å²) >= 11 is 1.57. The van der Waals surface area contributed by atoms with Crippen molar-refractivity contribution in [3.8, 4) is 16.2 Å². The van der Waals surface area contributed by atoms with Gasteiger partial charge in [0.05, 0.1) is 48.6 Å². The molecular formula is C52H68F3N11O8S. The minimum absolute atomic E-state index is 0.0148. The highest BCUT2D eigenvalue weighted by Crippen LogP contribution is 2.33. The second-order valence-corrected chi connectivity index (χ2v) is 21.4. The Labute approximate surface area is 438 Å². The molecule has 406 valence electrons. The van der Waals surface area contributed by atoms with Gasteiger partial charge in [-0.05, 0) is 59.9 Å². The number of piperazine rings is 1. The number of nitrogens with one attached hydrogen (secondary N) is 2. The van der Waals surface area contributed by atoms with Crippen molar-refractivity contribution in [3.05, 3.63) is 82.5 Å². The molecule has 2 aromatic carbocycles. The van der Waals surface area contributed by atoms with Crippen LogP contribution < -0.4 is 15.4 Å². The van der Waals surface area contributed by atoms with Crippen molar-refractivity contribution in [1.29, 1.82) is 0 Å². The van der Waals surface area contributed by atoms with Gasteiger partial charge in [0.1, 0.15) is 23.7 Å². The van der Waals surface area contributed by atoms with E-state index in [4.69, 9.17) is 14.2 Å². The monoisotopic (exact) mass is 1060 g/mol. The van der Waals surface area contributed by atoms with Gasteiger partial charge in [-0.3, -0.25) is 24.1 Å². The predicted octanol–water partition coefficient (Wildman–Crippen LogP) is 4.47. The summed E-state index contributed by atoms with van der Waals surface area (Å²) in [4.78, 5) is 66.4. The number of thiazole rings is 1. The van der Waals surface area contributed by atoms with Crippen LogP contribution in [0.1, 0.15) is 87.3 Å². The van der Waals surface area contributed by atoms with E-state index in [1.54, 1.807) is 16.2 Å². The third kappa shape index (κ3) is 14.5. The van der Waals surface area contributed by atoms with E-state index in [-0.39, 0.29) is 75.2 Å². The zero-order valence-corrected chi connectivity index (χ0v) is 43.8. The molecule has 8 rings (SSSR count). The lowest BCUT2D eigenvalue weighted by molar-refractivity contribution is -0.147. The van der Waals surface area contributed by atoms with Crippen LogP contribution in [0.2, 0.25) is 0 Å². The Morgan fingerprint density at radius 3 is 2.25 bits per heavy atom. The van der Waals surface area contributed by atoms with E-state index in [0.29, 0.717) is 83.5 Å². The summed E-state index contributed by atoms with van der Waals surface area (Å²) in [6.45, 7) is 13.4. The van der Waals surface area contributed by atoms with E-state index in [9.17, 15) is 37.5 Å². The van der Waals surface area contributed by atoms with Gasteiger partial charge in [0.15, 0.2) is 12.4 Å². The Bertz CT molecular complexity index is 2610. The minimum Gasteiger partial charge on any atom is -0.484 e.